The van der Waals surface area contributed by atoms with Crippen LogP contribution in [0.3, 0.4) is 0 Å². The Morgan fingerprint density at radius 2 is 0.649 bits per heavy atom. The Kier molecular flexibility index (Phi) is 10.3. The molecular formula is C18H19F19. The van der Waals surface area contributed by atoms with Gasteiger partial charge in [0.2, 0.25) is 0 Å². The smallest absolute Gasteiger partial charge is 0.216 e. The molecule has 0 N–H and O–H groups in total. The highest BCUT2D eigenvalue weighted by molar-refractivity contribution is 5.19. The van der Waals surface area contributed by atoms with E-state index < -0.39 is 72.8 Å². The van der Waals surface area contributed by atoms with E-state index in [4.69, 9.17) is 0 Å². The van der Waals surface area contributed by atoms with Crippen molar-refractivity contribution in [3.05, 3.63) is 0 Å². The Labute approximate surface area is 196 Å². The van der Waals surface area contributed by atoms with Crippen molar-refractivity contribution in [2.24, 2.45) is 0 Å². The fourth-order valence-electron chi connectivity index (χ4n) is 3.02. The second-order valence-corrected chi connectivity index (χ2v) is 8.10. The standard InChI is InChI=1S/C18H19F19/c1-2-3-4-5-6-7-8-9-10(19,20)12(22,23)14(26,27)16(30,31)15(28,29)13(24,25)11(21,17(32,33)34)18(35,36)37/h2-9H2,1H3. The number of unbranched alkanes of at least 4 members (excludes halogenated alkanes) is 6. The summed E-state index contributed by atoms with van der Waals surface area (Å²) in [5.41, 5.74) is -8.70. The van der Waals surface area contributed by atoms with Crippen molar-refractivity contribution in [3.63, 3.8) is 0 Å². The number of alkyl halides is 19. The van der Waals surface area contributed by atoms with Crippen LogP contribution in [0.5, 0.6) is 0 Å². The fourth-order valence-corrected chi connectivity index (χ4v) is 3.02. The van der Waals surface area contributed by atoms with Crippen LogP contribution in [0, 0.1) is 0 Å². The number of rotatable bonds is 14. The molecule has 0 radical (unpaired) electrons. The molecule has 224 valence electrons. The first kappa shape index (κ1) is 35.7. The van der Waals surface area contributed by atoms with Crippen molar-refractivity contribution in [2.75, 3.05) is 0 Å². The molecule has 0 amide bonds. The molecule has 0 fully saturated rings. The Balaban J connectivity index is 6.36. The number of halogens is 19. The molecule has 0 saturated carbocycles. The van der Waals surface area contributed by atoms with Gasteiger partial charge >= 0.3 is 53.6 Å². The van der Waals surface area contributed by atoms with Gasteiger partial charge in [-0.3, -0.25) is 0 Å². The number of hydrogen-bond donors (Lipinski definition) is 0. The van der Waals surface area contributed by atoms with Crippen LogP contribution in [0.15, 0.2) is 0 Å². The molecule has 0 aromatic rings. The first-order valence-corrected chi connectivity index (χ1v) is 10.2. The average molecular weight is 596 g/mol. The van der Waals surface area contributed by atoms with Crippen LogP contribution in [-0.2, 0) is 0 Å². The van der Waals surface area contributed by atoms with Crippen molar-refractivity contribution >= 4 is 0 Å². The van der Waals surface area contributed by atoms with E-state index in [0.717, 1.165) is 0 Å². The van der Waals surface area contributed by atoms with Crippen LogP contribution >= 0.6 is 0 Å². The second-order valence-electron chi connectivity index (χ2n) is 8.10. The summed E-state index contributed by atoms with van der Waals surface area (Å²) in [6.45, 7) is 1.76. The van der Waals surface area contributed by atoms with Crippen LogP contribution in [0.4, 0.5) is 83.4 Å². The molecule has 0 aliphatic heterocycles. The second kappa shape index (κ2) is 10.7. The maximum Gasteiger partial charge on any atom is 0.438 e. The molecule has 19 heteroatoms. The summed E-state index contributed by atoms with van der Waals surface area (Å²) in [4.78, 5) is 0. The Morgan fingerprint density at radius 3 is 1.00 bits per heavy atom. The zero-order chi connectivity index (χ0) is 30.2. The zero-order valence-corrected chi connectivity index (χ0v) is 18.3. The van der Waals surface area contributed by atoms with E-state index in [1.54, 1.807) is 6.92 Å². The van der Waals surface area contributed by atoms with Gasteiger partial charge in [0, 0.05) is 6.42 Å². The summed E-state index contributed by atoms with van der Waals surface area (Å²) in [6, 6.07) is 0. The molecule has 0 atom stereocenters. The molecule has 0 spiro atoms. The lowest BCUT2D eigenvalue weighted by atomic mass is 9.83. The van der Waals surface area contributed by atoms with Crippen LogP contribution in [-0.4, -0.2) is 53.6 Å². The summed E-state index contributed by atoms with van der Waals surface area (Å²) in [6.07, 6.45) is -18.3. The van der Waals surface area contributed by atoms with Crippen molar-refractivity contribution in [3.8, 4) is 0 Å². The van der Waals surface area contributed by atoms with Crippen LogP contribution < -0.4 is 0 Å². The molecule has 0 heterocycles. The normalized spacial score (nSPS) is 15.9. The molecular weight excluding hydrogens is 577 g/mol. The van der Waals surface area contributed by atoms with Gasteiger partial charge in [0.1, 0.15) is 0 Å². The molecule has 0 aliphatic rings. The molecule has 0 nitrogen and oxygen atoms in total. The minimum Gasteiger partial charge on any atom is -0.216 e. The summed E-state index contributed by atoms with van der Waals surface area (Å²) in [5, 5.41) is 0. The molecule has 0 aromatic carbocycles. The highest BCUT2D eigenvalue weighted by Crippen LogP contribution is 2.66. The van der Waals surface area contributed by atoms with Gasteiger partial charge in [-0.2, -0.15) is 79.0 Å². The third-order valence-electron chi connectivity index (χ3n) is 5.34. The zero-order valence-electron chi connectivity index (χ0n) is 18.3. The molecule has 0 aliphatic carbocycles. The fraction of sp³-hybridized carbons (Fsp3) is 1.00. The lowest BCUT2D eigenvalue weighted by molar-refractivity contribution is -0.472. The van der Waals surface area contributed by atoms with Gasteiger partial charge in [0.05, 0.1) is 0 Å². The maximum atomic E-state index is 13.7. The predicted octanol–water partition coefficient (Wildman–Crippen LogP) is 9.77. The van der Waals surface area contributed by atoms with Gasteiger partial charge < -0.3 is 0 Å². The van der Waals surface area contributed by atoms with Crippen molar-refractivity contribution in [2.45, 2.75) is 112 Å². The van der Waals surface area contributed by atoms with Crippen molar-refractivity contribution in [1.29, 1.82) is 0 Å². The van der Waals surface area contributed by atoms with E-state index in [9.17, 15) is 83.4 Å². The van der Waals surface area contributed by atoms with Gasteiger partial charge in [0.25, 0.3) is 0 Å². The summed E-state index contributed by atoms with van der Waals surface area (Å²) >= 11 is 0. The summed E-state index contributed by atoms with van der Waals surface area (Å²) in [7, 11) is 0. The highest BCUT2D eigenvalue weighted by atomic mass is 19.4. The van der Waals surface area contributed by atoms with E-state index in [0.29, 0.717) is 25.7 Å². The third-order valence-corrected chi connectivity index (χ3v) is 5.34. The van der Waals surface area contributed by atoms with E-state index in [1.807, 2.05) is 0 Å². The largest absolute Gasteiger partial charge is 0.438 e. The lowest BCUT2D eigenvalue weighted by Gasteiger charge is -2.45. The van der Waals surface area contributed by atoms with Crippen LogP contribution in [0.2, 0.25) is 0 Å². The molecule has 0 saturated heterocycles. The van der Waals surface area contributed by atoms with E-state index in [2.05, 4.69) is 0 Å². The molecule has 0 bridgehead atoms. The van der Waals surface area contributed by atoms with Crippen LogP contribution in [0.25, 0.3) is 0 Å². The van der Waals surface area contributed by atoms with Gasteiger partial charge in [0.15, 0.2) is 0 Å². The Morgan fingerprint density at radius 1 is 0.351 bits per heavy atom. The van der Waals surface area contributed by atoms with Gasteiger partial charge in [-0.1, -0.05) is 45.4 Å². The minimum absolute atomic E-state index is 0.0198. The molecule has 0 unspecified atom stereocenters. The van der Waals surface area contributed by atoms with Gasteiger partial charge in [-0.05, 0) is 6.42 Å². The Bertz CT molecular complexity index is 716. The minimum atomic E-state index is -8.96. The predicted molar refractivity (Wildman–Crippen MR) is 88.2 cm³/mol. The van der Waals surface area contributed by atoms with Gasteiger partial charge in [-0.25, -0.2) is 4.39 Å². The highest BCUT2D eigenvalue weighted by Gasteiger charge is 2.98. The molecule has 37 heavy (non-hydrogen) atoms. The average Bonchev–Trinajstić information content (AvgIpc) is 2.69. The molecule has 0 aromatic heterocycles. The third kappa shape index (κ3) is 5.69. The summed E-state index contributed by atoms with van der Waals surface area (Å²) in [5.74, 6) is -49.3. The van der Waals surface area contributed by atoms with Crippen molar-refractivity contribution < 1.29 is 83.4 Å². The van der Waals surface area contributed by atoms with Crippen LogP contribution in [0.1, 0.15) is 58.3 Å². The first-order chi connectivity index (χ1) is 16.1. The molecule has 0 rings (SSSR count). The van der Waals surface area contributed by atoms with E-state index in [-0.39, 0.29) is 6.42 Å². The monoisotopic (exact) mass is 596 g/mol. The SMILES string of the molecule is CCCCCCCCCC(F)(F)C(F)(F)C(F)(F)C(F)(F)C(F)(F)C(F)(F)C(F)(C(F)(F)F)C(F)(F)F. The quantitative estimate of drug-likeness (QED) is 0.138. The topological polar surface area (TPSA) is 0 Å². The summed E-state index contributed by atoms with van der Waals surface area (Å²) < 4.78 is 252. The Hall–Kier alpha value is -1.33. The van der Waals surface area contributed by atoms with Gasteiger partial charge in [-0.15, -0.1) is 0 Å². The maximum absolute atomic E-state index is 13.7. The lowest BCUT2D eigenvalue weighted by Crippen LogP contribution is -2.77. The van der Waals surface area contributed by atoms with Crippen molar-refractivity contribution in [1.82, 2.24) is 0 Å². The van der Waals surface area contributed by atoms with E-state index in [1.165, 1.54) is 0 Å². The number of hydrogen-bond acceptors (Lipinski definition) is 0. The first-order valence-electron chi connectivity index (χ1n) is 10.2. The van der Waals surface area contributed by atoms with E-state index >= 15 is 0 Å².